The zero-order valence-corrected chi connectivity index (χ0v) is 13.8. The average Bonchev–Trinajstić information content (AvgIpc) is 3.17. The monoisotopic (exact) mass is 336 g/mol. The van der Waals surface area contributed by atoms with Gasteiger partial charge in [0, 0.05) is 24.3 Å². The second-order valence-electron chi connectivity index (χ2n) is 5.35. The number of nitrogens with one attached hydrogen (secondary N) is 1. The number of amides is 1. The van der Waals surface area contributed by atoms with Gasteiger partial charge in [0.2, 0.25) is 0 Å². The van der Waals surface area contributed by atoms with E-state index < -0.39 is 5.97 Å². The summed E-state index contributed by atoms with van der Waals surface area (Å²) in [7, 11) is 1.33. The number of anilines is 1. The fourth-order valence-electron chi connectivity index (χ4n) is 2.31. The van der Waals surface area contributed by atoms with E-state index in [1.165, 1.54) is 13.3 Å². The van der Waals surface area contributed by atoms with E-state index in [2.05, 4.69) is 20.0 Å². The molecule has 1 amide bonds. The molecular weight excluding hydrogens is 320 g/mol. The first-order valence-corrected chi connectivity index (χ1v) is 7.53. The third kappa shape index (κ3) is 3.55. The number of imidazole rings is 1. The maximum Gasteiger partial charge on any atom is 0.337 e. The van der Waals surface area contributed by atoms with Crippen molar-refractivity contribution in [2.24, 2.45) is 0 Å². The summed E-state index contributed by atoms with van der Waals surface area (Å²) in [6, 6.07) is 8.38. The van der Waals surface area contributed by atoms with Crippen molar-refractivity contribution in [2.75, 3.05) is 12.4 Å². The predicted molar refractivity (Wildman–Crippen MR) is 91.8 cm³/mol. The van der Waals surface area contributed by atoms with Crippen LogP contribution in [0.4, 0.5) is 5.69 Å². The minimum Gasteiger partial charge on any atom is -0.465 e. The first-order chi connectivity index (χ1) is 12.1. The van der Waals surface area contributed by atoms with Crippen molar-refractivity contribution >= 4 is 17.6 Å². The number of ether oxygens (including phenoxy) is 1. The Balaban J connectivity index is 1.75. The molecule has 0 saturated heterocycles. The van der Waals surface area contributed by atoms with Gasteiger partial charge in [-0.1, -0.05) is 0 Å². The minimum absolute atomic E-state index is 0.279. The van der Waals surface area contributed by atoms with E-state index in [1.54, 1.807) is 53.6 Å². The summed E-state index contributed by atoms with van der Waals surface area (Å²) in [5, 5.41) is 2.81. The van der Waals surface area contributed by atoms with E-state index in [0.29, 0.717) is 22.6 Å². The quantitative estimate of drug-likeness (QED) is 0.740. The van der Waals surface area contributed by atoms with E-state index in [-0.39, 0.29) is 5.91 Å². The van der Waals surface area contributed by atoms with Crippen LogP contribution in [0.15, 0.2) is 55.2 Å². The molecule has 0 aliphatic carbocycles. The van der Waals surface area contributed by atoms with Gasteiger partial charge in [-0.3, -0.25) is 9.36 Å². The Bertz CT molecular complexity index is 903. The smallest absolute Gasteiger partial charge is 0.337 e. The topological polar surface area (TPSA) is 86.1 Å². The summed E-state index contributed by atoms with van der Waals surface area (Å²) < 4.78 is 6.43. The molecule has 0 fully saturated rings. The molecule has 0 spiro atoms. The number of hydrogen-bond acceptors (Lipinski definition) is 5. The highest BCUT2D eigenvalue weighted by Crippen LogP contribution is 2.18. The third-order valence-corrected chi connectivity index (χ3v) is 3.67. The molecule has 7 heteroatoms. The summed E-state index contributed by atoms with van der Waals surface area (Å²) in [4.78, 5) is 32.1. The van der Waals surface area contributed by atoms with E-state index >= 15 is 0 Å². The van der Waals surface area contributed by atoms with Crippen LogP contribution in [0.25, 0.3) is 5.82 Å². The number of aryl methyl sites for hydroxylation is 1. The van der Waals surface area contributed by atoms with Crippen LogP contribution in [0, 0.1) is 6.92 Å². The number of benzene rings is 1. The third-order valence-electron chi connectivity index (χ3n) is 3.67. The molecule has 0 radical (unpaired) electrons. The standard InChI is InChI=1S/C18H16N4O3/c1-12-9-13(18(24)25-2)3-5-15(12)21-17(23)14-4-6-16(20-10-14)22-8-7-19-11-22/h3-11H,1-2H3,(H,21,23). The van der Waals surface area contributed by atoms with Crippen molar-refractivity contribution in [3.8, 4) is 5.82 Å². The van der Waals surface area contributed by atoms with Crippen molar-refractivity contribution in [1.82, 2.24) is 14.5 Å². The Kier molecular flexibility index (Phi) is 4.56. The molecule has 0 unspecified atom stereocenters. The normalized spacial score (nSPS) is 10.3. The van der Waals surface area contributed by atoms with Crippen molar-refractivity contribution in [1.29, 1.82) is 0 Å². The highest BCUT2D eigenvalue weighted by atomic mass is 16.5. The lowest BCUT2D eigenvalue weighted by Crippen LogP contribution is -2.14. The second-order valence-corrected chi connectivity index (χ2v) is 5.35. The molecule has 25 heavy (non-hydrogen) atoms. The number of methoxy groups -OCH3 is 1. The first kappa shape index (κ1) is 16.4. The largest absolute Gasteiger partial charge is 0.465 e. The highest BCUT2D eigenvalue weighted by Gasteiger charge is 2.11. The molecule has 2 heterocycles. The van der Waals surface area contributed by atoms with Gasteiger partial charge in [0.25, 0.3) is 5.91 Å². The molecule has 0 aliphatic heterocycles. The van der Waals surface area contributed by atoms with Crippen LogP contribution in [0.5, 0.6) is 0 Å². The van der Waals surface area contributed by atoms with Crippen molar-refractivity contribution in [2.45, 2.75) is 6.92 Å². The maximum atomic E-state index is 12.4. The molecule has 0 saturated carbocycles. The predicted octanol–water partition coefficient (Wildman–Crippen LogP) is 2.61. The van der Waals surface area contributed by atoms with Crippen LogP contribution in [-0.2, 0) is 4.74 Å². The SMILES string of the molecule is COC(=O)c1ccc(NC(=O)c2ccc(-n3ccnc3)nc2)c(C)c1. The second kappa shape index (κ2) is 6.96. The number of hydrogen-bond donors (Lipinski definition) is 1. The number of carbonyl (C=O) groups is 2. The number of carbonyl (C=O) groups excluding carboxylic acids is 2. The fraction of sp³-hybridized carbons (Fsp3) is 0.111. The zero-order valence-electron chi connectivity index (χ0n) is 13.8. The van der Waals surface area contributed by atoms with Crippen LogP contribution >= 0.6 is 0 Å². The molecule has 126 valence electrons. The lowest BCUT2D eigenvalue weighted by atomic mass is 10.1. The molecule has 0 atom stereocenters. The van der Waals surface area contributed by atoms with Crippen LogP contribution in [0.2, 0.25) is 0 Å². The van der Waals surface area contributed by atoms with Gasteiger partial charge in [0.15, 0.2) is 0 Å². The summed E-state index contributed by atoms with van der Waals surface area (Å²) in [5.74, 6) is -0.0217. The summed E-state index contributed by atoms with van der Waals surface area (Å²) in [6.07, 6.45) is 6.56. The Hall–Kier alpha value is -3.48. The maximum absolute atomic E-state index is 12.4. The van der Waals surface area contributed by atoms with Crippen LogP contribution < -0.4 is 5.32 Å². The Labute approximate surface area is 144 Å². The lowest BCUT2D eigenvalue weighted by Gasteiger charge is -2.10. The van der Waals surface area contributed by atoms with Crippen molar-refractivity contribution in [3.63, 3.8) is 0 Å². The average molecular weight is 336 g/mol. The number of rotatable bonds is 4. The summed E-state index contributed by atoms with van der Waals surface area (Å²) >= 11 is 0. The summed E-state index contributed by atoms with van der Waals surface area (Å²) in [6.45, 7) is 1.81. The van der Waals surface area contributed by atoms with E-state index in [1.807, 2.05) is 6.92 Å². The number of aromatic nitrogens is 3. The number of esters is 1. The van der Waals surface area contributed by atoms with E-state index in [4.69, 9.17) is 0 Å². The van der Waals surface area contributed by atoms with Crippen molar-refractivity contribution in [3.05, 3.63) is 71.9 Å². The molecule has 7 nitrogen and oxygen atoms in total. The Morgan fingerprint density at radius 3 is 2.56 bits per heavy atom. The molecule has 0 bridgehead atoms. The van der Waals surface area contributed by atoms with Gasteiger partial charge in [-0.05, 0) is 42.8 Å². The number of nitrogens with zero attached hydrogens (tertiary/aromatic N) is 3. The zero-order chi connectivity index (χ0) is 17.8. The van der Waals surface area contributed by atoms with Crippen LogP contribution in [0.1, 0.15) is 26.3 Å². The van der Waals surface area contributed by atoms with Crippen LogP contribution in [0.3, 0.4) is 0 Å². The van der Waals surface area contributed by atoms with Gasteiger partial charge < -0.3 is 10.1 Å². The van der Waals surface area contributed by atoms with E-state index in [9.17, 15) is 9.59 Å². The Morgan fingerprint density at radius 2 is 1.96 bits per heavy atom. The molecule has 2 aromatic heterocycles. The molecule has 3 aromatic rings. The lowest BCUT2D eigenvalue weighted by molar-refractivity contribution is 0.0600. The molecule has 3 rings (SSSR count). The fourth-order valence-corrected chi connectivity index (χ4v) is 2.31. The first-order valence-electron chi connectivity index (χ1n) is 7.53. The Morgan fingerprint density at radius 1 is 1.16 bits per heavy atom. The van der Waals surface area contributed by atoms with Gasteiger partial charge in [-0.25, -0.2) is 14.8 Å². The number of pyridine rings is 1. The van der Waals surface area contributed by atoms with Gasteiger partial charge in [0.05, 0.1) is 18.2 Å². The van der Waals surface area contributed by atoms with Gasteiger partial charge in [-0.15, -0.1) is 0 Å². The van der Waals surface area contributed by atoms with Gasteiger partial charge in [0.1, 0.15) is 12.1 Å². The highest BCUT2D eigenvalue weighted by molar-refractivity contribution is 6.04. The van der Waals surface area contributed by atoms with Crippen LogP contribution in [-0.4, -0.2) is 33.5 Å². The van der Waals surface area contributed by atoms with Gasteiger partial charge >= 0.3 is 5.97 Å². The minimum atomic E-state index is -0.416. The van der Waals surface area contributed by atoms with Crippen molar-refractivity contribution < 1.29 is 14.3 Å². The van der Waals surface area contributed by atoms with Gasteiger partial charge in [-0.2, -0.15) is 0 Å². The molecular formula is C18H16N4O3. The molecule has 1 aromatic carbocycles. The summed E-state index contributed by atoms with van der Waals surface area (Å²) in [5.41, 5.74) is 2.25. The molecule has 1 N–H and O–H groups in total. The molecule has 0 aliphatic rings. The van der Waals surface area contributed by atoms with E-state index in [0.717, 1.165) is 5.56 Å².